The van der Waals surface area contributed by atoms with E-state index < -0.39 is 17.5 Å². The van der Waals surface area contributed by atoms with Gasteiger partial charge in [-0.15, -0.1) is 0 Å². The molecule has 0 radical (unpaired) electrons. The highest BCUT2D eigenvalue weighted by Gasteiger charge is 2.18. The fourth-order valence-electron chi connectivity index (χ4n) is 3.88. The van der Waals surface area contributed by atoms with E-state index in [1.54, 1.807) is 42.5 Å². The summed E-state index contributed by atoms with van der Waals surface area (Å²) in [6, 6.07) is 15.4. The van der Waals surface area contributed by atoms with Crippen LogP contribution in [0.5, 0.6) is 5.75 Å². The van der Waals surface area contributed by atoms with E-state index >= 15 is 0 Å². The maximum Gasteiger partial charge on any atom is 0.167 e. The van der Waals surface area contributed by atoms with Crippen LogP contribution in [0.2, 0.25) is 0 Å². The summed E-state index contributed by atoms with van der Waals surface area (Å²) in [4.78, 5) is 0. The minimum absolute atomic E-state index is 0.0460. The number of rotatable bonds is 12. The van der Waals surface area contributed by atoms with Crippen LogP contribution in [0.1, 0.15) is 58.3 Å². The molecule has 0 aliphatic heterocycles. The van der Waals surface area contributed by atoms with E-state index in [-0.39, 0.29) is 11.1 Å². The van der Waals surface area contributed by atoms with Gasteiger partial charge in [-0.25, -0.2) is 13.2 Å². The molecule has 3 aromatic rings. The molecule has 0 heterocycles. The number of ether oxygens (including phenoxy) is 1. The SMILES string of the molecule is CCCCCCCCCCOc1ccc(-c2c(-c3ccccc3F)ccc(F)c2F)cc1. The molecule has 0 aromatic heterocycles. The molecular weight excluding hydrogens is 409 g/mol. The standard InChI is InChI=1S/C28H31F3O/c1-2-3-4-5-6-7-8-11-20-32-22-16-14-21(15-17-22)27-24(18-19-26(30)28(27)31)23-12-9-10-13-25(23)29/h9-10,12-19H,2-8,11,20H2,1H3. The third-order valence-electron chi connectivity index (χ3n) is 5.67. The molecule has 4 heteroatoms. The molecule has 0 fully saturated rings. The smallest absolute Gasteiger partial charge is 0.167 e. The molecule has 3 aromatic carbocycles. The van der Waals surface area contributed by atoms with Gasteiger partial charge in [0.15, 0.2) is 11.6 Å². The Bertz CT molecular complexity index is 982. The summed E-state index contributed by atoms with van der Waals surface area (Å²) in [7, 11) is 0. The Morgan fingerprint density at radius 1 is 0.625 bits per heavy atom. The van der Waals surface area contributed by atoms with Crippen molar-refractivity contribution >= 4 is 0 Å². The lowest BCUT2D eigenvalue weighted by molar-refractivity contribution is 0.304. The van der Waals surface area contributed by atoms with Gasteiger partial charge < -0.3 is 4.74 Å². The third-order valence-corrected chi connectivity index (χ3v) is 5.67. The molecule has 0 saturated carbocycles. The molecule has 0 spiro atoms. The number of hydrogen-bond donors (Lipinski definition) is 0. The fraction of sp³-hybridized carbons (Fsp3) is 0.357. The Morgan fingerprint density at radius 2 is 1.28 bits per heavy atom. The van der Waals surface area contributed by atoms with Crippen LogP contribution in [-0.4, -0.2) is 6.61 Å². The molecule has 0 atom stereocenters. The maximum atomic E-state index is 14.8. The highest BCUT2D eigenvalue weighted by atomic mass is 19.2. The molecular formula is C28H31F3O. The average molecular weight is 441 g/mol. The van der Waals surface area contributed by atoms with Gasteiger partial charge in [-0.05, 0) is 41.8 Å². The Labute approximate surface area is 189 Å². The van der Waals surface area contributed by atoms with Gasteiger partial charge in [0.05, 0.1) is 6.61 Å². The Kier molecular flexibility index (Phi) is 9.21. The summed E-state index contributed by atoms with van der Waals surface area (Å²) < 4.78 is 48.9. The molecule has 0 saturated heterocycles. The lowest BCUT2D eigenvalue weighted by atomic mass is 9.93. The maximum absolute atomic E-state index is 14.8. The predicted octanol–water partition coefficient (Wildman–Crippen LogP) is 8.96. The summed E-state index contributed by atoms with van der Waals surface area (Å²) in [6.45, 7) is 2.85. The first-order chi connectivity index (χ1) is 15.6. The van der Waals surface area contributed by atoms with E-state index in [0.717, 1.165) is 18.9 Å². The quantitative estimate of drug-likeness (QED) is 0.255. The monoisotopic (exact) mass is 440 g/mol. The third kappa shape index (κ3) is 6.38. The van der Waals surface area contributed by atoms with Crippen molar-refractivity contribution in [2.24, 2.45) is 0 Å². The summed E-state index contributed by atoms with van der Waals surface area (Å²) in [5, 5.41) is 0. The zero-order valence-electron chi connectivity index (χ0n) is 18.7. The molecule has 170 valence electrons. The van der Waals surface area contributed by atoms with Gasteiger partial charge in [-0.1, -0.05) is 88.3 Å². The van der Waals surface area contributed by atoms with Crippen LogP contribution in [0.4, 0.5) is 13.2 Å². The normalized spacial score (nSPS) is 11.0. The molecule has 32 heavy (non-hydrogen) atoms. The van der Waals surface area contributed by atoms with Crippen molar-refractivity contribution in [3.05, 3.63) is 78.1 Å². The van der Waals surface area contributed by atoms with Gasteiger partial charge in [-0.2, -0.15) is 0 Å². The largest absolute Gasteiger partial charge is 0.494 e. The van der Waals surface area contributed by atoms with Gasteiger partial charge >= 0.3 is 0 Å². The Hall–Kier alpha value is -2.75. The van der Waals surface area contributed by atoms with Crippen LogP contribution in [0.25, 0.3) is 22.3 Å². The first kappa shape index (κ1) is 23.9. The van der Waals surface area contributed by atoms with Crippen LogP contribution in [0, 0.1) is 17.5 Å². The minimum atomic E-state index is -0.988. The molecule has 0 bridgehead atoms. The first-order valence-corrected chi connectivity index (χ1v) is 11.6. The van der Waals surface area contributed by atoms with Crippen LogP contribution in [-0.2, 0) is 0 Å². The molecule has 0 aliphatic rings. The topological polar surface area (TPSA) is 9.23 Å². The Morgan fingerprint density at radius 3 is 1.97 bits per heavy atom. The molecule has 0 unspecified atom stereocenters. The molecule has 1 nitrogen and oxygen atoms in total. The lowest BCUT2D eigenvalue weighted by Gasteiger charge is -2.13. The van der Waals surface area contributed by atoms with E-state index in [1.165, 1.54) is 50.7 Å². The second-order valence-electron chi connectivity index (χ2n) is 8.11. The van der Waals surface area contributed by atoms with Crippen molar-refractivity contribution in [1.29, 1.82) is 0 Å². The lowest BCUT2D eigenvalue weighted by Crippen LogP contribution is -1.98. The second kappa shape index (κ2) is 12.3. The predicted molar refractivity (Wildman–Crippen MR) is 125 cm³/mol. The molecule has 0 amide bonds. The number of halogens is 3. The van der Waals surface area contributed by atoms with Gasteiger partial charge in [0.25, 0.3) is 0 Å². The van der Waals surface area contributed by atoms with Crippen molar-refractivity contribution in [2.75, 3.05) is 6.61 Å². The van der Waals surface area contributed by atoms with Crippen molar-refractivity contribution in [2.45, 2.75) is 58.3 Å². The van der Waals surface area contributed by atoms with Crippen LogP contribution < -0.4 is 4.74 Å². The highest BCUT2D eigenvalue weighted by Crippen LogP contribution is 2.37. The number of unbranched alkanes of at least 4 members (excludes halogenated alkanes) is 7. The van der Waals surface area contributed by atoms with Crippen LogP contribution in [0.15, 0.2) is 60.7 Å². The molecule has 0 aliphatic carbocycles. The number of benzene rings is 3. The van der Waals surface area contributed by atoms with Gasteiger partial charge in [-0.3, -0.25) is 0 Å². The summed E-state index contributed by atoms with van der Waals surface area (Å²) in [6.07, 6.45) is 9.85. The number of hydrogen-bond acceptors (Lipinski definition) is 1. The van der Waals surface area contributed by atoms with E-state index in [0.29, 0.717) is 23.5 Å². The first-order valence-electron chi connectivity index (χ1n) is 11.6. The van der Waals surface area contributed by atoms with Gasteiger partial charge in [0.1, 0.15) is 11.6 Å². The van der Waals surface area contributed by atoms with E-state index in [9.17, 15) is 13.2 Å². The minimum Gasteiger partial charge on any atom is -0.494 e. The van der Waals surface area contributed by atoms with Crippen LogP contribution in [0.3, 0.4) is 0 Å². The van der Waals surface area contributed by atoms with E-state index in [1.807, 2.05) is 0 Å². The highest BCUT2D eigenvalue weighted by molar-refractivity contribution is 5.84. The summed E-state index contributed by atoms with van der Waals surface area (Å²) in [5.41, 5.74) is 1.07. The zero-order valence-corrected chi connectivity index (χ0v) is 18.7. The average Bonchev–Trinajstić information content (AvgIpc) is 2.81. The Balaban J connectivity index is 1.63. The van der Waals surface area contributed by atoms with Crippen molar-refractivity contribution in [3.63, 3.8) is 0 Å². The van der Waals surface area contributed by atoms with Crippen molar-refractivity contribution in [1.82, 2.24) is 0 Å². The second-order valence-corrected chi connectivity index (χ2v) is 8.11. The van der Waals surface area contributed by atoms with Crippen LogP contribution >= 0.6 is 0 Å². The summed E-state index contributed by atoms with van der Waals surface area (Å²) >= 11 is 0. The zero-order chi connectivity index (χ0) is 22.8. The van der Waals surface area contributed by atoms with E-state index in [4.69, 9.17) is 4.74 Å². The van der Waals surface area contributed by atoms with Gasteiger partial charge in [0.2, 0.25) is 0 Å². The van der Waals surface area contributed by atoms with Crippen molar-refractivity contribution < 1.29 is 17.9 Å². The van der Waals surface area contributed by atoms with E-state index in [2.05, 4.69) is 6.92 Å². The summed E-state index contributed by atoms with van der Waals surface area (Å²) in [5.74, 6) is -1.75. The fourth-order valence-corrected chi connectivity index (χ4v) is 3.88. The van der Waals surface area contributed by atoms with Crippen molar-refractivity contribution in [3.8, 4) is 28.0 Å². The molecule has 0 N–H and O–H groups in total. The van der Waals surface area contributed by atoms with Gasteiger partial charge in [0, 0.05) is 11.1 Å². The molecule has 3 rings (SSSR count).